The minimum atomic E-state index is 0. The van der Waals surface area contributed by atoms with Crippen LogP contribution in [-0.4, -0.2) is 49.6 Å². The molecule has 0 atom stereocenters. The molecule has 2 rings (SSSR count). The van der Waals surface area contributed by atoms with Crippen LogP contribution < -0.4 is 34.7 Å². The van der Waals surface area contributed by atoms with Crippen molar-refractivity contribution in [1.82, 2.24) is 9.80 Å². The van der Waals surface area contributed by atoms with E-state index in [0.717, 1.165) is 51.1 Å². The zero-order valence-corrected chi connectivity index (χ0v) is 13.6. The van der Waals surface area contributed by atoms with E-state index in [0.29, 0.717) is 0 Å². The summed E-state index contributed by atoms with van der Waals surface area (Å²) in [6.07, 6.45) is 2.00. The van der Waals surface area contributed by atoms with Gasteiger partial charge in [-0.15, -0.1) is 5.75 Å². The standard InChI is InChI=1S/C14H22N2O.Na/c1-15-9-11-16(12-10-15)8-4-6-13-5-2-3-7-14(13)17;/h2-3,5,7,17H,4,6,8-12H2,1H3;/q;+1/p-1. The van der Waals surface area contributed by atoms with Gasteiger partial charge in [0.15, 0.2) is 0 Å². The van der Waals surface area contributed by atoms with Crippen LogP contribution in [0.1, 0.15) is 12.0 Å². The topological polar surface area (TPSA) is 29.5 Å². The monoisotopic (exact) mass is 256 g/mol. The number of hydrogen-bond acceptors (Lipinski definition) is 3. The largest absolute Gasteiger partial charge is 1.00 e. The molecule has 1 aliphatic heterocycles. The molecule has 1 aromatic carbocycles. The molecule has 0 N–H and O–H groups in total. The van der Waals surface area contributed by atoms with Crippen molar-refractivity contribution in [2.45, 2.75) is 12.8 Å². The Morgan fingerprint density at radius 2 is 1.78 bits per heavy atom. The van der Waals surface area contributed by atoms with E-state index in [2.05, 4.69) is 16.8 Å². The molecule has 1 heterocycles. The van der Waals surface area contributed by atoms with Crippen molar-refractivity contribution < 1.29 is 34.7 Å². The molecule has 1 saturated heterocycles. The SMILES string of the molecule is CN1CCN(CCCc2ccccc2[O-])CC1.[Na+]. The summed E-state index contributed by atoms with van der Waals surface area (Å²) in [6, 6.07) is 7.37. The Morgan fingerprint density at radius 3 is 2.44 bits per heavy atom. The second-order valence-corrected chi connectivity index (χ2v) is 4.86. The van der Waals surface area contributed by atoms with Gasteiger partial charge in [-0.25, -0.2) is 0 Å². The second kappa shape index (κ2) is 8.18. The summed E-state index contributed by atoms with van der Waals surface area (Å²) in [7, 11) is 2.17. The van der Waals surface area contributed by atoms with Gasteiger partial charge in [0.2, 0.25) is 0 Å². The van der Waals surface area contributed by atoms with Gasteiger partial charge < -0.3 is 14.9 Å². The van der Waals surface area contributed by atoms with Crippen LogP contribution in [0.4, 0.5) is 0 Å². The van der Waals surface area contributed by atoms with E-state index < -0.39 is 0 Å². The summed E-state index contributed by atoms with van der Waals surface area (Å²) in [5.74, 6) is 0.186. The van der Waals surface area contributed by atoms with E-state index in [9.17, 15) is 5.11 Å². The first-order chi connectivity index (χ1) is 8.25. The zero-order valence-electron chi connectivity index (χ0n) is 11.6. The molecule has 0 spiro atoms. The van der Waals surface area contributed by atoms with Crippen LogP contribution in [0.15, 0.2) is 24.3 Å². The fraction of sp³-hybridized carbons (Fsp3) is 0.571. The fourth-order valence-electron chi connectivity index (χ4n) is 2.27. The molecule has 0 unspecified atom stereocenters. The molecule has 3 nitrogen and oxygen atoms in total. The van der Waals surface area contributed by atoms with Gasteiger partial charge in [-0.3, -0.25) is 0 Å². The Kier molecular flexibility index (Phi) is 7.27. The number of benzene rings is 1. The fourth-order valence-corrected chi connectivity index (χ4v) is 2.27. The van der Waals surface area contributed by atoms with Gasteiger partial charge in [0.25, 0.3) is 0 Å². The quantitative estimate of drug-likeness (QED) is 0.581. The van der Waals surface area contributed by atoms with Gasteiger partial charge in [0.05, 0.1) is 0 Å². The minimum Gasteiger partial charge on any atom is -0.872 e. The maximum Gasteiger partial charge on any atom is 1.00 e. The molecule has 94 valence electrons. The smallest absolute Gasteiger partial charge is 0.872 e. The molecule has 1 aromatic rings. The van der Waals surface area contributed by atoms with Crippen LogP contribution in [0.2, 0.25) is 0 Å². The summed E-state index contributed by atoms with van der Waals surface area (Å²) < 4.78 is 0. The van der Waals surface area contributed by atoms with Crippen LogP contribution in [0, 0.1) is 0 Å². The number of nitrogens with zero attached hydrogens (tertiary/aromatic N) is 2. The normalized spacial score (nSPS) is 17.4. The number of rotatable bonds is 4. The average Bonchev–Trinajstić information content (AvgIpc) is 2.34. The Hall–Kier alpha value is -0.0600. The number of piperazine rings is 1. The average molecular weight is 256 g/mol. The predicted molar refractivity (Wildman–Crippen MR) is 68.1 cm³/mol. The Labute approximate surface area is 132 Å². The summed E-state index contributed by atoms with van der Waals surface area (Å²) in [5.41, 5.74) is 0.960. The third-order valence-electron chi connectivity index (χ3n) is 3.49. The van der Waals surface area contributed by atoms with E-state index in [-0.39, 0.29) is 35.3 Å². The van der Waals surface area contributed by atoms with Gasteiger partial charge in [-0.1, -0.05) is 29.8 Å². The molecule has 0 amide bonds. The van der Waals surface area contributed by atoms with Gasteiger partial charge in [-0.2, -0.15) is 0 Å². The molecular weight excluding hydrogens is 235 g/mol. The number of aryl methyl sites for hydroxylation is 1. The Morgan fingerprint density at radius 1 is 1.11 bits per heavy atom. The van der Waals surface area contributed by atoms with E-state index in [1.54, 1.807) is 6.07 Å². The van der Waals surface area contributed by atoms with Crippen LogP contribution >= 0.6 is 0 Å². The molecule has 4 heteroatoms. The molecule has 0 bridgehead atoms. The van der Waals surface area contributed by atoms with Gasteiger partial charge in [0.1, 0.15) is 0 Å². The molecular formula is C14H21N2NaO. The maximum absolute atomic E-state index is 11.5. The molecule has 0 radical (unpaired) electrons. The van der Waals surface area contributed by atoms with Gasteiger partial charge in [0, 0.05) is 26.2 Å². The third kappa shape index (κ3) is 4.90. The van der Waals surface area contributed by atoms with Crippen LogP contribution in [0.25, 0.3) is 0 Å². The predicted octanol–water partition coefficient (Wildman–Crippen LogP) is -2.06. The van der Waals surface area contributed by atoms with E-state index in [1.165, 1.54) is 0 Å². The van der Waals surface area contributed by atoms with E-state index in [1.807, 2.05) is 18.2 Å². The number of para-hydroxylation sites is 1. The Balaban J connectivity index is 0.00000162. The molecule has 0 saturated carbocycles. The molecule has 0 aliphatic carbocycles. The number of likely N-dealkylation sites (N-methyl/N-ethyl adjacent to an activating group) is 1. The first-order valence-electron chi connectivity index (χ1n) is 6.41. The van der Waals surface area contributed by atoms with E-state index >= 15 is 0 Å². The summed E-state index contributed by atoms with van der Waals surface area (Å²) in [5, 5.41) is 11.5. The first kappa shape index (κ1) is 16.0. The summed E-state index contributed by atoms with van der Waals surface area (Å²) in [4.78, 5) is 4.86. The van der Waals surface area contributed by atoms with Crippen molar-refractivity contribution in [2.24, 2.45) is 0 Å². The minimum absolute atomic E-state index is 0. The van der Waals surface area contributed by atoms with Crippen LogP contribution in [0.3, 0.4) is 0 Å². The first-order valence-corrected chi connectivity index (χ1v) is 6.41. The van der Waals surface area contributed by atoms with Crippen molar-refractivity contribution >= 4 is 0 Å². The Bertz CT molecular complexity index is 351. The molecule has 1 fully saturated rings. The maximum atomic E-state index is 11.5. The van der Waals surface area contributed by atoms with Crippen molar-refractivity contribution in [2.75, 3.05) is 39.8 Å². The van der Waals surface area contributed by atoms with Crippen molar-refractivity contribution in [3.8, 4) is 5.75 Å². The van der Waals surface area contributed by atoms with Crippen LogP contribution in [-0.2, 0) is 6.42 Å². The number of hydrogen-bond donors (Lipinski definition) is 0. The second-order valence-electron chi connectivity index (χ2n) is 4.86. The van der Waals surface area contributed by atoms with Gasteiger partial charge >= 0.3 is 29.6 Å². The van der Waals surface area contributed by atoms with Crippen LogP contribution in [0.5, 0.6) is 5.75 Å². The molecule has 1 aliphatic rings. The summed E-state index contributed by atoms with van der Waals surface area (Å²) in [6.45, 7) is 5.77. The van der Waals surface area contributed by atoms with Crippen molar-refractivity contribution in [3.05, 3.63) is 29.8 Å². The zero-order chi connectivity index (χ0) is 12.1. The molecule has 18 heavy (non-hydrogen) atoms. The molecule has 0 aromatic heterocycles. The summed E-state index contributed by atoms with van der Waals surface area (Å²) >= 11 is 0. The van der Waals surface area contributed by atoms with E-state index in [4.69, 9.17) is 0 Å². The third-order valence-corrected chi connectivity index (χ3v) is 3.49. The van der Waals surface area contributed by atoms with Gasteiger partial charge in [-0.05, 0) is 26.4 Å². The van der Waals surface area contributed by atoms with Crippen molar-refractivity contribution in [3.63, 3.8) is 0 Å². The van der Waals surface area contributed by atoms with Crippen molar-refractivity contribution in [1.29, 1.82) is 0 Å².